The van der Waals surface area contributed by atoms with Crippen LogP contribution >= 0.6 is 0 Å². The van der Waals surface area contributed by atoms with E-state index in [4.69, 9.17) is 4.74 Å². The second-order valence-electron chi connectivity index (χ2n) is 6.45. The van der Waals surface area contributed by atoms with Gasteiger partial charge in [0.1, 0.15) is 12.2 Å². The second-order valence-corrected chi connectivity index (χ2v) is 6.45. The first kappa shape index (κ1) is 13.7. The minimum Gasteiger partial charge on any atom is -0.364 e. The number of aryl methyl sites for hydroxylation is 1. The second kappa shape index (κ2) is 5.07. The zero-order valence-corrected chi connectivity index (χ0v) is 12.7. The van der Waals surface area contributed by atoms with Crippen LogP contribution in [0.3, 0.4) is 0 Å². The predicted molar refractivity (Wildman–Crippen MR) is 81.4 cm³/mol. The van der Waals surface area contributed by atoms with Gasteiger partial charge >= 0.3 is 5.69 Å². The van der Waals surface area contributed by atoms with Crippen molar-refractivity contribution in [3.8, 4) is 0 Å². The standard InChI is InChI=1S/C16H20N4O2/c1-12-2-4-13(5-3-12)8-19-7-6-16(10-19)11-20-14(9-22-16)17-18-15(20)21/h2-5H,6-11H2,1H3,(H,18,21). The molecule has 1 fully saturated rings. The first-order chi connectivity index (χ1) is 10.6. The SMILES string of the molecule is Cc1ccc(CN2CCC3(C2)Cn2c(n[nH]c2=O)CO3)cc1. The van der Waals surface area contributed by atoms with Crippen LogP contribution in [0.5, 0.6) is 0 Å². The van der Waals surface area contributed by atoms with Gasteiger partial charge in [0.2, 0.25) is 0 Å². The maximum absolute atomic E-state index is 11.8. The Hall–Kier alpha value is -1.92. The average molecular weight is 300 g/mol. The number of aromatic amines is 1. The lowest BCUT2D eigenvalue weighted by Gasteiger charge is -2.33. The van der Waals surface area contributed by atoms with Crippen LogP contribution in [0.2, 0.25) is 0 Å². The Bertz CT molecular complexity index is 733. The molecule has 1 atom stereocenters. The van der Waals surface area contributed by atoms with Gasteiger partial charge in [0.15, 0.2) is 5.82 Å². The summed E-state index contributed by atoms with van der Waals surface area (Å²) in [5.41, 5.74) is 2.23. The highest BCUT2D eigenvalue weighted by Crippen LogP contribution is 2.31. The summed E-state index contributed by atoms with van der Waals surface area (Å²) in [5.74, 6) is 0.701. The normalized spacial score (nSPS) is 24.8. The van der Waals surface area contributed by atoms with Crippen LogP contribution in [0.1, 0.15) is 23.4 Å². The highest BCUT2D eigenvalue weighted by molar-refractivity contribution is 5.21. The summed E-state index contributed by atoms with van der Waals surface area (Å²) in [5, 5.41) is 6.50. The van der Waals surface area contributed by atoms with Gasteiger partial charge in [-0.15, -0.1) is 0 Å². The minimum atomic E-state index is -0.245. The summed E-state index contributed by atoms with van der Waals surface area (Å²) < 4.78 is 7.79. The number of likely N-dealkylation sites (tertiary alicyclic amines) is 1. The van der Waals surface area contributed by atoms with Gasteiger partial charge in [-0.05, 0) is 18.9 Å². The third kappa shape index (κ3) is 2.38. The third-order valence-corrected chi connectivity index (χ3v) is 4.71. The lowest BCUT2D eigenvalue weighted by Crippen LogP contribution is -2.46. The Kier molecular flexibility index (Phi) is 3.16. The van der Waals surface area contributed by atoms with E-state index < -0.39 is 0 Å². The van der Waals surface area contributed by atoms with Gasteiger partial charge < -0.3 is 4.74 Å². The topological polar surface area (TPSA) is 63.2 Å². The Morgan fingerprint density at radius 2 is 2.14 bits per heavy atom. The molecule has 1 aromatic carbocycles. The fourth-order valence-corrected chi connectivity index (χ4v) is 3.44. The molecule has 0 aliphatic carbocycles. The molecule has 0 bridgehead atoms. The lowest BCUT2D eigenvalue weighted by molar-refractivity contribution is -0.0832. The Balaban J connectivity index is 1.47. The number of nitrogens with zero attached hydrogens (tertiary/aromatic N) is 3. The highest BCUT2D eigenvalue weighted by Gasteiger charge is 2.43. The number of ether oxygens (including phenoxy) is 1. The fourth-order valence-electron chi connectivity index (χ4n) is 3.44. The third-order valence-electron chi connectivity index (χ3n) is 4.71. The molecule has 0 amide bonds. The Labute approximate surface area is 128 Å². The summed E-state index contributed by atoms with van der Waals surface area (Å²) in [6.07, 6.45) is 0.954. The number of H-pyrrole nitrogens is 1. The maximum atomic E-state index is 11.8. The predicted octanol–water partition coefficient (Wildman–Crippen LogP) is 1.05. The number of hydrogen-bond acceptors (Lipinski definition) is 4. The van der Waals surface area contributed by atoms with E-state index in [1.54, 1.807) is 4.57 Å². The number of benzene rings is 1. The molecule has 2 aliphatic rings. The molecule has 2 aliphatic heterocycles. The molecule has 4 rings (SSSR count). The zero-order valence-electron chi connectivity index (χ0n) is 12.7. The van der Waals surface area contributed by atoms with Crippen LogP contribution < -0.4 is 5.69 Å². The maximum Gasteiger partial charge on any atom is 0.343 e. The number of nitrogens with one attached hydrogen (secondary N) is 1. The molecule has 6 heteroatoms. The highest BCUT2D eigenvalue weighted by atomic mass is 16.5. The molecule has 1 spiro atoms. The van der Waals surface area contributed by atoms with Gasteiger partial charge in [-0.25, -0.2) is 9.89 Å². The summed E-state index contributed by atoms with van der Waals surface area (Å²) in [6.45, 7) is 5.90. The van der Waals surface area contributed by atoms with Crippen LogP contribution in [0.4, 0.5) is 0 Å². The molecule has 0 radical (unpaired) electrons. The molecule has 6 nitrogen and oxygen atoms in total. The number of aromatic nitrogens is 3. The van der Waals surface area contributed by atoms with E-state index >= 15 is 0 Å². The van der Waals surface area contributed by atoms with Crippen molar-refractivity contribution in [3.05, 3.63) is 51.7 Å². The van der Waals surface area contributed by atoms with Gasteiger partial charge in [-0.1, -0.05) is 29.8 Å². The van der Waals surface area contributed by atoms with E-state index in [2.05, 4.69) is 46.3 Å². The van der Waals surface area contributed by atoms with Crippen molar-refractivity contribution >= 4 is 0 Å². The van der Waals surface area contributed by atoms with Crippen molar-refractivity contribution in [2.75, 3.05) is 13.1 Å². The van der Waals surface area contributed by atoms with Crippen LogP contribution in [0.15, 0.2) is 29.1 Å². The number of rotatable bonds is 2. The van der Waals surface area contributed by atoms with E-state index in [0.717, 1.165) is 26.1 Å². The van der Waals surface area contributed by atoms with Crippen LogP contribution in [0, 0.1) is 6.92 Å². The molecule has 2 aromatic rings. The summed E-state index contributed by atoms with van der Waals surface area (Å²) >= 11 is 0. The smallest absolute Gasteiger partial charge is 0.343 e. The lowest BCUT2D eigenvalue weighted by atomic mass is 10.0. The van der Waals surface area contributed by atoms with Crippen molar-refractivity contribution in [2.24, 2.45) is 0 Å². The van der Waals surface area contributed by atoms with Crippen molar-refractivity contribution in [1.82, 2.24) is 19.7 Å². The van der Waals surface area contributed by atoms with Crippen LogP contribution in [-0.4, -0.2) is 38.4 Å². The fraction of sp³-hybridized carbons (Fsp3) is 0.500. The molecule has 1 unspecified atom stereocenters. The monoisotopic (exact) mass is 300 g/mol. The average Bonchev–Trinajstić information content (AvgIpc) is 3.07. The number of hydrogen-bond donors (Lipinski definition) is 1. The van der Waals surface area contributed by atoms with E-state index in [1.807, 2.05) is 0 Å². The Morgan fingerprint density at radius 3 is 2.95 bits per heavy atom. The summed E-state index contributed by atoms with van der Waals surface area (Å²) in [7, 11) is 0. The molecule has 1 N–H and O–H groups in total. The van der Waals surface area contributed by atoms with Crippen LogP contribution in [-0.2, 0) is 24.4 Å². The first-order valence-electron chi connectivity index (χ1n) is 7.70. The quantitative estimate of drug-likeness (QED) is 0.900. The molecule has 1 aromatic heterocycles. The Morgan fingerprint density at radius 1 is 1.32 bits per heavy atom. The van der Waals surface area contributed by atoms with Crippen molar-refractivity contribution in [1.29, 1.82) is 0 Å². The van der Waals surface area contributed by atoms with E-state index in [-0.39, 0.29) is 11.3 Å². The summed E-state index contributed by atoms with van der Waals surface area (Å²) in [4.78, 5) is 14.2. The largest absolute Gasteiger partial charge is 0.364 e. The molecule has 0 saturated carbocycles. The van der Waals surface area contributed by atoms with Gasteiger partial charge in [0.25, 0.3) is 0 Å². The minimum absolute atomic E-state index is 0.130. The zero-order chi connectivity index (χ0) is 15.2. The molecule has 3 heterocycles. The van der Waals surface area contributed by atoms with Gasteiger partial charge in [0.05, 0.1) is 6.54 Å². The van der Waals surface area contributed by atoms with Gasteiger partial charge in [-0.2, -0.15) is 5.10 Å². The molecular formula is C16H20N4O2. The van der Waals surface area contributed by atoms with Crippen molar-refractivity contribution < 1.29 is 4.74 Å². The van der Waals surface area contributed by atoms with E-state index in [1.165, 1.54) is 11.1 Å². The first-order valence-corrected chi connectivity index (χ1v) is 7.70. The van der Waals surface area contributed by atoms with Crippen molar-refractivity contribution in [3.63, 3.8) is 0 Å². The van der Waals surface area contributed by atoms with Crippen molar-refractivity contribution in [2.45, 2.75) is 38.6 Å². The molecular weight excluding hydrogens is 280 g/mol. The molecule has 1 saturated heterocycles. The molecule has 116 valence electrons. The summed E-state index contributed by atoms with van der Waals surface area (Å²) in [6, 6.07) is 8.66. The van der Waals surface area contributed by atoms with Crippen LogP contribution in [0.25, 0.3) is 0 Å². The van der Waals surface area contributed by atoms with Gasteiger partial charge in [-0.3, -0.25) is 9.47 Å². The molecule has 22 heavy (non-hydrogen) atoms. The van der Waals surface area contributed by atoms with E-state index in [0.29, 0.717) is 19.0 Å². The van der Waals surface area contributed by atoms with E-state index in [9.17, 15) is 4.79 Å². The number of fused-ring (bicyclic) bond motifs is 1. The van der Waals surface area contributed by atoms with Gasteiger partial charge in [0, 0.05) is 19.6 Å².